The van der Waals surface area contributed by atoms with Crippen LogP contribution in [0.3, 0.4) is 0 Å². The van der Waals surface area contributed by atoms with E-state index in [4.69, 9.17) is 33.2 Å². The Morgan fingerprint density at radius 1 is 0.500 bits per heavy atom. The fourth-order valence-corrected chi connectivity index (χ4v) is 6.72. The molecule has 62 heavy (non-hydrogen) atoms. The van der Waals surface area contributed by atoms with Crippen molar-refractivity contribution in [2.75, 3.05) is 39.6 Å². The van der Waals surface area contributed by atoms with E-state index in [0.29, 0.717) is 32.1 Å². The summed E-state index contributed by atoms with van der Waals surface area (Å²) in [6.07, 6.45) is -1.07. The lowest BCUT2D eigenvalue weighted by atomic mass is 10.1. The SMILES string of the molecule is Cc1cc(C(=O)O)c(OCc2ccccc2)c(=O)n1C(COC(COCc1ccccc1)COCc1ccccc1)COC(COCc1ccccc1)COCc1ccccc1. The molecule has 0 atom stereocenters. The number of pyridine rings is 1. The molecule has 0 fully saturated rings. The molecule has 11 nitrogen and oxygen atoms in total. The summed E-state index contributed by atoms with van der Waals surface area (Å²) in [7, 11) is 0. The molecule has 11 heteroatoms. The number of benzene rings is 5. The van der Waals surface area contributed by atoms with Crippen LogP contribution in [0, 0.1) is 6.92 Å². The summed E-state index contributed by atoms with van der Waals surface area (Å²) in [5.41, 5.74) is 4.38. The number of carbonyl (C=O) groups is 1. The van der Waals surface area contributed by atoms with Gasteiger partial charge in [0, 0.05) is 5.69 Å². The van der Waals surface area contributed by atoms with Crippen molar-refractivity contribution in [2.45, 2.75) is 58.2 Å². The minimum absolute atomic E-state index is 0.00372. The normalized spacial score (nSPS) is 11.4. The molecule has 0 unspecified atom stereocenters. The Morgan fingerprint density at radius 2 is 0.823 bits per heavy atom. The first-order chi connectivity index (χ1) is 30.4. The van der Waals surface area contributed by atoms with Crippen molar-refractivity contribution in [3.63, 3.8) is 0 Å². The highest BCUT2D eigenvalue weighted by Crippen LogP contribution is 2.22. The maximum Gasteiger partial charge on any atom is 0.339 e. The molecular formula is C51H55NO10. The van der Waals surface area contributed by atoms with E-state index >= 15 is 0 Å². The van der Waals surface area contributed by atoms with E-state index in [2.05, 4.69) is 0 Å². The number of hydrogen-bond donors (Lipinski definition) is 1. The number of rotatable bonds is 27. The predicted octanol–water partition coefficient (Wildman–Crippen LogP) is 8.61. The molecule has 0 bridgehead atoms. The molecule has 1 aromatic heterocycles. The van der Waals surface area contributed by atoms with Crippen molar-refractivity contribution in [1.82, 2.24) is 4.57 Å². The molecule has 0 saturated carbocycles. The van der Waals surface area contributed by atoms with E-state index in [1.807, 2.05) is 152 Å². The smallest absolute Gasteiger partial charge is 0.339 e. The lowest BCUT2D eigenvalue weighted by Crippen LogP contribution is -2.38. The zero-order chi connectivity index (χ0) is 43.2. The fourth-order valence-electron chi connectivity index (χ4n) is 6.72. The van der Waals surface area contributed by atoms with E-state index in [0.717, 1.165) is 27.8 Å². The van der Waals surface area contributed by atoms with E-state index in [-0.39, 0.29) is 57.6 Å². The molecule has 0 spiro atoms. The number of carboxylic acids is 1. The highest BCUT2D eigenvalue weighted by Gasteiger charge is 2.27. The second-order valence-corrected chi connectivity index (χ2v) is 14.9. The summed E-state index contributed by atoms with van der Waals surface area (Å²) in [4.78, 5) is 27.1. The standard InChI is InChI=1S/C51H55NO10/c1-39-27-48(51(54)55)49(62-32-44-25-15-6-16-26-44)50(53)52(39)45(33-60-46(35-56-28-40-17-7-2-8-18-40)36-57-29-41-19-9-3-10-20-41)34-61-47(37-58-30-42-21-11-4-12-22-42)38-59-31-43-23-13-5-14-24-43/h2-27,45-47H,28-38H2,1H3,(H,54,55). The van der Waals surface area contributed by atoms with Gasteiger partial charge in [-0.1, -0.05) is 152 Å². The number of aromatic carboxylic acids is 1. The van der Waals surface area contributed by atoms with Gasteiger partial charge in [-0.3, -0.25) is 4.79 Å². The molecule has 5 aromatic carbocycles. The Kier molecular flexibility index (Phi) is 18.5. The Morgan fingerprint density at radius 3 is 1.15 bits per heavy atom. The second-order valence-electron chi connectivity index (χ2n) is 14.9. The predicted molar refractivity (Wildman–Crippen MR) is 236 cm³/mol. The Labute approximate surface area is 363 Å². The molecule has 6 rings (SSSR count). The Hall–Kier alpha value is -5.92. The summed E-state index contributed by atoms with van der Waals surface area (Å²) in [6.45, 7) is 3.97. The summed E-state index contributed by atoms with van der Waals surface area (Å²) in [6, 6.07) is 49.4. The Balaban J connectivity index is 1.25. The van der Waals surface area contributed by atoms with Crippen molar-refractivity contribution < 1.29 is 43.1 Å². The van der Waals surface area contributed by atoms with E-state index in [1.165, 1.54) is 10.6 Å². The number of aryl methyl sites for hydroxylation is 1. The molecule has 0 saturated heterocycles. The molecule has 1 heterocycles. The van der Waals surface area contributed by atoms with Crippen LogP contribution < -0.4 is 10.3 Å². The number of nitrogens with zero attached hydrogens (tertiary/aromatic N) is 1. The first-order valence-corrected chi connectivity index (χ1v) is 20.8. The maximum atomic E-state index is 14.5. The monoisotopic (exact) mass is 841 g/mol. The van der Waals surface area contributed by atoms with Crippen LogP contribution in [-0.2, 0) is 61.5 Å². The van der Waals surface area contributed by atoms with Crippen LogP contribution in [0.15, 0.2) is 163 Å². The first kappa shape index (κ1) is 45.6. The third-order valence-corrected chi connectivity index (χ3v) is 9.92. The zero-order valence-electron chi connectivity index (χ0n) is 35.1. The van der Waals surface area contributed by atoms with Gasteiger partial charge in [-0.05, 0) is 40.8 Å². The average molecular weight is 842 g/mol. The largest absolute Gasteiger partial charge is 0.482 e. The van der Waals surface area contributed by atoms with Gasteiger partial charge in [0.25, 0.3) is 5.56 Å². The van der Waals surface area contributed by atoms with Crippen LogP contribution in [0.2, 0.25) is 0 Å². The van der Waals surface area contributed by atoms with Gasteiger partial charge in [-0.15, -0.1) is 0 Å². The topological polar surface area (TPSA) is 124 Å². The third-order valence-electron chi connectivity index (χ3n) is 9.92. The molecule has 0 aliphatic carbocycles. The highest BCUT2D eigenvalue weighted by molar-refractivity contribution is 5.90. The molecule has 0 aliphatic rings. The Bertz CT molecular complexity index is 2050. The van der Waals surface area contributed by atoms with Crippen LogP contribution in [0.5, 0.6) is 5.75 Å². The van der Waals surface area contributed by atoms with Gasteiger partial charge in [-0.2, -0.15) is 0 Å². The third kappa shape index (κ3) is 14.9. The van der Waals surface area contributed by atoms with Crippen LogP contribution >= 0.6 is 0 Å². The molecule has 6 aromatic rings. The average Bonchev–Trinajstić information content (AvgIpc) is 3.30. The van der Waals surface area contributed by atoms with Gasteiger partial charge in [0.15, 0.2) is 5.75 Å². The zero-order valence-corrected chi connectivity index (χ0v) is 35.1. The van der Waals surface area contributed by atoms with Crippen molar-refractivity contribution in [1.29, 1.82) is 0 Å². The number of aromatic nitrogens is 1. The molecule has 0 radical (unpaired) electrons. The number of ether oxygens (including phenoxy) is 7. The molecule has 0 aliphatic heterocycles. The molecule has 1 N–H and O–H groups in total. The fraction of sp³-hybridized carbons (Fsp3) is 0.294. The summed E-state index contributed by atoms with van der Waals surface area (Å²) in [5.74, 6) is -1.55. The highest BCUT2D eigenvalue weighted by atomic mass is 16.6. The van der Waals surface area contributed by atoms with Gasteiger partial charge in [0.2, 0.25) is 0 Å². The lowest BCUT2D eigenvalue weighted by molar-refractivity contribution is -0.0989. The van der Waals surface area contributed by atoms with E-state index in [1.54, 1.807) is 6.92 Å². The van der Waals surface area contributed by atoms with Gasteiger partial charge < -0.3 is 42.8 Å². The summed E-state index contributed by atoms with van der Waals surface area (Å²) < 4.78 is 45.3. The molecule has 324 valence electrons. The quantitative estimate of drug-likeness (QED) is 0.0540. The van der Waals surface area contributed by atoms with Gasteiger partial charge in [-0.25, -0.2) is 4.79 Å². The van der Waals surface area contributed by atoms with Crippen molar-refractivity contribution in [3.8, 4) is 5.75 Å². The van der Waals surface area contributed by atoms with Crippen LogP contribution in [-0.4, -0.2) is 67.5 Å². The lowest BCUT2D eigenvalue weighted by Gasteiger charge is -2.28. The van der Waals surface area contributed by atoms with Gasteiger partial charge in [0.05, 0.1) is 72.1 Å². The second kappa shape index (κ2) is 25.1. The summed E-state index contributed by atoms with van der Waals surface area (Å²) in [5, 5.41) is 10.2. The van der Waals surface area contributed by atoms with E-state index < -0.39 is 29.8 Å². The van der Waals surface area contributed by atoms with Crippen LogP contribution in [0.1, 0.15) is 49.9 Å². The van der Waals surface area contributed by atoms with Gasteiger partial charge >= 0.3 is 5.97 Å². The van der Waals surface area contributed by atoms with Crippen LogP contribution in [0.4, 0.5) is 0 Å². The van der Waals surface area contributed by atoms with Gasteiger partial charge in [0.1, 0.15) is 24.4 Å². The minimum Gasteiger partial charge on any atom is -0.482 e. The number of carboxylic acid groups (broad SMARTS) is 1. The van der Waals surface area contributed by atoms with Crippen molar-refractivity contribution in [3.05, 3.63) is 207 Å². The number of hydrogen-bond acceptors (Lipinski definition) is 9. The van der Waals surface area contributed by atoms with E-state index in [9.17, 15) is 14.7 Å². The molecular weight excluding hydrogens is 787 g/mol. The maximum absolute atomic E-state index is 14.5. The van der Waals surface area contributed by atoms with Crippen LogP contribution in [0.25, 0.3) is 0 Å². The van der Waals surface area contributed by atoms with Crippen molar-refractivity contribution >= 4 is 5.97 Å². The minimum atomic E-state index is -1.28. The molecule has 0 amide bonds. The van der Waals surface area contributed by atoms with Crippen molar-refractivity contribution in [2.24, 2.45) is 0 Å². The summed E-state index contributed by atoms with van der Waals surface area (Å²) >= 11 is 0. The first-order valence-electron chi connectivity index (χ1n) is 20.8.